The summed E-state index contributed by atoms with van der Waals surface area (Å²) in [6.07, 6.45) is 3.90. The first kappa shape index (κ1) is 14.5. The minimum Gasteiger partial charge on any atom is -0.393 e. The molecule has 0 spiro atoms. The highest BCUT2D eigenvalue weighted by molar-refractivity contribution is 5.79. The van der Waals surface area contributed by atoms with Crippen molar-refractivity contribution in [2.75, 3.05) is 11.9 Å². The smallest absolute Gasteiger partial charge is 0.293 e. The Labute approximate surface area is 117 Å². The molecule has 1 aromatic rings. The first-order valence-corrected chi connectivity index (χ1v) is 6.75. The Morgan fingerprint density at radius 2 is 2.25 bits per heavy atom. The maximum Gasteiger partial charge on any atom is 0.293 e. The highest BCUT2D eigenvalue weighted by atomic mass is 16.6. The number of rotatable bonds is 5. The molecule has 6 heteroatoms. The van der Waals surface area contributed by atoms with E-state index in [0.29, 0.717) is 24.4 Å². The van der Waals surface area contributed by atoms with Crippen molar-refractivity contribution in [2.24, 2.45) is 5.92 Å². The summed E-state index contributed by atoms with van der Waals surface area (Å²) < 4.78 is 0. The lowest BCUT2D eigenvalue weighted by molar-refractivity contribution is -0.384. The molecule has 0 aromatic heterocycles. The number of aliphatic hydroxyl groups excluding tert-OH is 1. The summed E-state index contributed by atoms with van der Waals surface area (Å²) in [6.45, 7) is 0.596. The first-order chi connectivity index (χ1) is 9.60. The third kappa shape index (κ3) is 3.54. The van der Waals surface area contributed by atoms with Gasteiger partial charge in [0.2, 0.25) is 0 Å². The molecule has 0 aliphatic heterocycles. The molecular formula is C14H18N2O4. The number of nitrogens with one attached hydrogen (secondary N) is 1. The molecule has 0 heterocycles. The predicted octanol–water partition coefficient (Wildman–Crippen LogP) is 2.37. The van der Waals surface area contributed by atoms with Gasteiger partial charge < -0.3 is 10.4 Å². The molecule has 1 aromatic carbocycles. The predicted molar refractivity (Wildman–Crippen MR) is 74.9 cm³/mol. The van der Waals surface area contributed by atoms with Gasteiger partial charge in [-0.15, -0.1) is 0 Å². The fourth-order valence-electron chi connectivity index (χ4n) is 2.62. The molecule has 2 N–H and O–H groups in total. The van der Waals surface area contributed by atoms with Crippen LogP contribution < -0.4 is 5.32 Å². The summed E-state index contributed by atoms with van der Waals surface area (Å²) in [5.74, 6) is 0.323. The Hall–Kier alpha value is -1.95. The number of aldehydes is 1. The van der Waals surface area contributed by atoms with Crippen molar-refractivity contribution in [3.8, 4) is 0 Å². The minimum absolute atomic E-state index is 0.0917. The van der Waals surface area contributed by atoms with Crippen molar-refractivity contribution < 1.29 is 14.8 Å². The lowest BCUT2D eigenvalue weighted by Gasteiger charge is -2.26. The number of hydrogen-bond acceptors (Lipinski definition) is 5. The molecular weight excluding hydrogens is 260 g/mol. The van der Waals surface area contributed by atoms with Gasteiger partial charge in [-0.05, 0) is 37.3 Å². The quantitative estimate of drug-likeness (QED) is 0.490. The van der Waals surface area contributed by atoms with Crippen LogP contribution in [0.4, 0.5) is 11.4 Å². The van der Waals surface area contributed by atoms with Crippen LogP contribution in [-0.2, 0) is 0 Å². The number of benzene rings is 1. The number of carbonyl (C=O) groups excluding carboxylic acids is 1. The Bertz CT molecular complexity index is 504. The van der Waals surface area contributed by atoms with Crippen molar-refractivity contribution in [1.82, 2.24) is 0 Å². The highest BCUT2D eigenvalue weighted by Gasteiger charge is 2.21. The molecule has 1 aliphatic rings. The topological polar surface area (TPSA) is 92.5 Å². The average Bonchev–Trinajstić information content (AvgIpc) is 2.45. The Balaban J connectivity index is 2.05. The molecule has 1 aliphatic carbocycles. The van der Waals surface area contributed by atoms with Crippen LogP contribution in [0.3, 0.4) is 0 Å². The lowest BCUT2D eigenvalue weighted by atomic mass is 9.87. The number of hydrogen-bond donors (Lipinski definition) is 2. The summed E-state index contributed by atoms with van der Waals surface area (Å²) in [7, 11) is 0. The van der Waals surface area contributed by atoms with E-state index in [1.165, 1.54) is 6.07 Å². The Kier molecular flexibility index (Phi) is 4.68. The standard InChI is InChI=1S/C14H18N2O4/c17-9-11-4-5-13(14(7-11)16(19)20)15-8-10-2-1-3-12(18)6-10/h4-5,7,9-10,12,15,18H,1-3,6,8H2. The number of carbonyl (C=O) groups is 1. The van der Waals surface area contributed by atoms with E-state index in [2.05, 4.69) is 5.32 Å². The van der Waals surface area contributed by atoms with Crippen LogP contribution in [0.5, 0.6) is 0 Å². The molecule has 108 valence electrons. The molecule has 2 unspecified atom stereocenters. The summed E-state index contributed by atoms with van der Waals surface area (Å²) in [5, 5.41) is 23.7. The summed E-state index contributed by atoms with van der Waals surface area (Å²) in [4.78, 5) is 21.2. The molecule has 0 saturated heterocycles. The van der Waals surface area contributed by atoms with E-state index in [1.54, 1.807) is 12.1 Å². The molecule has 6 nitrogen and oxygen atoms in total. The average molecular weight is 278 g/mol. The third-order valence-corrected chi connectivity index (χ3v) is 3.69. The van der Waals surface area contributed by atoms with Gasteiger partial charge in [0.05, 0.1) is 11.0 Å². The van der Waals surface area contributed by atoms with Gasteiger partial charge in [0, 0.05) is 18.2 Å². The van der Waals surface area contributed by atoms with E-state index >= 15 is 0 Å². The molecule has 0 radical (unpaired) electrons. The van der Waals surface area contributed by atoms with Gasteiger partial charge in [-0.1, -0.05) is 6.42 Å². The molecule has 2 atom stereocenters. The van der Waals surface area contributed by atoms with Gasteiger partial charge in [0.15, 0.2) is 0 Å². The molecule has 0 bridgehead atoms. The molecule has 1 fully saturated rings. The lowest BCUT2D eigenvalue weighted by Crippen LogP contribution is -2.25. The first-order valence-electron chi connectivity index (χ1n) is 6.75. The molecule has 2 rings (SSSR count). The number of anilines is 1. The number of nitro groups is 1. The zero-order chi connectivity index (χ0) is 14.5. The van der Waals surface area contributed by atoms with E-state index in [1.807, 2.05) is 0 Å². The van der Waals surface area contributed by atoms with E-state index < -0.39 is 4.92 Å². The largest absolute Gasteiger partial charge is 0.393 e. The van der Waals surface area contributed by atoms with Crippen LogP contribution in [0.2, 0.25) is 0 Å². The van der Waals surface area contributed by atoms with Gasteiger partial charge in [0.25, 0.3) is 5.69 Å². The fraction of sp³-hybridized carbons (Fsp3) is 0.500. The van der Waals surface area contributed by atoms with Gasteiger partial charge in [0.1, 0.15) is 12.0 Å². The summed E-state index contributed by atoms with van der Waals surface area (Å²) in [5.41, 5.74) is 0.613. The normalized spacial score (nSPS) is 22.2. The minimum atomic E-state index is -0.495. The van der Waals surface area contributed by atoms with Crippen molar-refractivity contribution in [3.05, 3.63) is 33.9 Å². The number of nitro benzene ring substituents is 1. The summed E-state index contributed by atoms with van der Waals surface area (Å²) in [6, 6.07) is 4.38. The Morgan fingerprint density at radius 3 is 2.90 bits per heavy atom. The van der Waals surface area contributed by atoms with E-state index in [-0.39, 0.29) is 17.4 Å². The van der Waals surface area contributed by atoms with Crippen molar-refractivity contribution in [3.63, 3.8) is 0 Å². The maximum absolute atomic E-state index is 11.0. The second kappa shape index (κ2) is 6.47. The summed E-state index contributed by atoms with van der Waals surface area (Å²) >= 11 is 0. The van der Waals surface area contributed by atoms with Crippen LogP contribution in [0.1, 0.15) is 36.0 Å². The molecule has 1 saturated carbocycles. The molecule has 20 heavy (non-hydrogen) atoms. The fourth-order valence-corrected chi connectivity index (χ4v) is 2.62. The van der Waals surface area contributed by atoms with Crippen molar-refractivity contribution in [1.29, 1.82) is 0 Å². The number of aliphatic hydroxyl groups is 1. The van der Waals surface area contributed by atoms with Gasteiger partial charge in [-0.2, -0.15) is 0 Å². The van der Waals surface area contributed by atoms with E-state index in [0.717, 1.165) is 25.7 Å². The number of nitrogens with zero attached hydrogens (tertiary/aromatic N) is 1. The second-order valence-corrected chi connectivity index (χ2v) is 5.22. The van der Waals surface area contributed by atoms with Crippen molar-refractivity contribution >= 4 is 17.7 Å². The highest BCUT2D eigenvalue weighted by Crippen LogP contribution is 2.28. The molecule has 0 amide bonds. The van der Waals surface area contributed by atoms with Crippen LogP contribution in [0.15, 0.2) is 18.2 Å². The van der Waals surface area contributed by atoms with Crippen molar-refractivity contribution in [2.45, 2.75) is 31.8 Å². The van der Waals surface area contributed by atoms with Crippen LogP contribution in [-0.4, -0.2) is 29.0 Å². The van der Waals surface area contributed by atoms with Gasteiger partial charge >= 0.3 is 0 Å². The maximum atomic E-state index is 11.0. The van der Waals surface area contributed by atoms with Crippen LogP contribution >= 0.6 is 0 Å². The SMILES string of the molecule is O=Cc1ccc(NCC2CCCC(O)C2)c([N+](=O)[O-])c1. The zero-order valence-corrected chi connectivity index (χ0v) is 11.1. The van der Waals surface area contributed by atoms with E-state index in [9.17, 15) is 20.0 Å². The van der Waals surface area contributed by atoms with Crippen LogP contribution in [0, 0.1) is 16.0 Å². The van der Waals surface area contributed by atoms with Crippen LogP contribution in [0.25, 0.3) is 0 Å². The zero-order valence-electron chi connectivity index (χ0n) is 11.1. The third-order valence-electron chi connectivity index (χ3n) is 3.69. The Morgan fingerprint density at radius 1 is 1.45 bits per heavy atom. The van der Waals surface area contributed by atoms with Gasteiger partial charge in [-0.25, -0.2) is 0 Å². The monoisotopic (exact) mass is 278 g/mol. The second-order valence-electron chi connectivity index (χ2n) is 5.22. The van der Waals surface area contributed by atoms with Gasteiger partial charge in [-0.3, -0.25) is 14.9 Å². The van der Waals surface area contributed by atoms with E-state index in [4.69, 9.17) is 0 Å².